The van der Waals surface area contributed by atoms with Crippen molar-refractivity contribution in [2.75, 3.05) is 0 Å². The van der Waals surface area contributed by atoms with Crippen molar-refractivity contribution in [2.24, 2.45) is 11.5 Å². The van der Waals surface area contributed by atoms with E-state index in [-0.39, 0.29) is 0 Å². The van der Waals surface area contributed by atoms with Crippen LogP contribution in [0.3, 0.4) is 0 Å². The predicted octanol–water partition coefficient (Wildman–Crippen LogP) is -1.80. The molecule has 0 saturated heterocycles. The zero-order valence-electron chi connectivity index (χ0n) is 7.81. The highest BCUT2D eigenvalue weighted by atomic mass is 32.2. The van der Waals surface area contributed by atoms with Gasteiger partial charge in [-0.3, -0.25) is 9.11 Å². The summed E-state index contributed by atoms with van der Waals surface area (Å²) in [5.74, 6) is 0. The van der Waals surface area contributed by atoms with Crippen LogP contribution < -0.4 is 11.5 Å². The number of hydrogen-bond acceptors (Lipinski definition) is 6. The van der Waals surface area contributed by atoms with Gasteiger partial charge in [0.25, 0.3) is 20.2 Å². The van der Waals surface area contributed by atoms with Crippen molar-refractivity contribution in [1.29, 1.82) is 0 Å². The Bertz CT molecular complexity index is 510. The molecule has 2 atom stereocenters. The van der Waals surface area contributed by atoms with Gasteiger partial charge in [0.05, 0.1) is 0 Å². The van der Waals surface area contributed by atoms with E-state index < -0.39 is 30.0 Å². The molecule has 92 valence electrons. The molecule has 0 bridgehead atoms. The second-order valence-electron chi connectivity index (χ2n) is 3.25. The van der Waals surface area contributed by atoms with Crippen LogP contribution in [-0.4, -0.2) is 35.7 Å². The first-order valence-electron chi connectivity index (χ1n) is 3.84. The smallest absolute Gasteiger partial charge is 0.291 e. The minimum atomic E-state index is -5.04. The molecule has 0 amide bonds. The molecule has 0 aromatic rings. The summed E-state index contributed by atoms with van der Waals surface area (Å²) in [4.78, 5) is -5.69. The van der Waals surface area contributed by atoms with E-state index in [1.165, 1.54) is 0 Å². The van der Waals surface area contributed by atoms with E-state index in [4.69, 9.17) is 20.6 Å². The second kappa shape index (κ2) is 3.35. The molecule has 8 nitrogen and oxygen atoms in total. The van der Waals surface area contributed by atoms with Gasteiger partial charge in [-0.2, -0.15) is 16.8 Å². The summed E-state index contributed by atoms with van der Waals surface area (Å²) in [5.41, 5.74) is 10.5. The SMILES string of the molecule is NC1(S(=O)(=O)O)C=CC=CC1(N)S(=O)(=O)O. The van der Waals surface area contributed by atoms with Crippen LogP contribution in [0.4, 0.5) is 0 Å². The number of allylic oxidation sites excluding steroid dienone is 2. The van der Waals surface area contributed by atoms with Crippen LogP contribution in [-0.2, 0) is 20.2 Å². The Morgan fingerprint density at radius 2 is 1.06 bits per heavy atom. The van der Waals surface area contributed by atoms with Crippen molar-refractivity contribution in [3.8, 4) is 0 Å². The highest BCUT2D eigenvalue weighted by molar-refractivity contribution is 7.91. The van der Waals surface area contributed by atoms with E-state index in [0.29, 0.717) is 12.2 Å². The highest BCUT2D eigenvalue weighted by Crippen LogP contribution is 2.32. The summed E-state index contributed by atoms with van der Waals surface area (Å²) in [7, 11) is -10.1. The quantitative estimate of drug-likeness (QED) is 0.427. The maximum Gasteiger partial charge on any atom is 0.291 e. The van der Waals surface area contributed by atoms with Crippen LogP contribution in [0.15, 0.2) is 24.3 Å². The van der Waals surface area contributed by atoms with Crippen molar-refractivity contribution in [1.82, 2.24) is 0 Å². The Labute approximate surface area is 92.1 Å². The maximum absolute atomic E-state index is 11.1. The molecule has 0 aliphatic heterocycles. The van der Waals surface area contributed by atoms with Gasteiger partial charge in [0.15, 0.2) is 0 Å². The first-order chi connectivity index (χ1) is 6.96. The zero-order valence-corrected chi connectivity index (χ0v) is 9.44. The molecule has 1 aliphatic carbocycles. The molecule has 0 aromatic heterocycles. The molecule has 0 heterocycles. The fourth-order valence-corrected chi connectivity index (χ4v) is 3.31. The fraction of sp³-hybridized carbons (Fsp3) is 0.333. The van der Waals surface area contributed by atoms with Crippen molar-refractivity contribution in [3.63, 3.8) is 0 Å². The van der Waals surface area contributed by atoms with Gasteiger partial charge in [0, 0.05) is 0 Å². The van der Waals surface area contributed by atoms with Gasteiger partial charge in [-0.05, 0) is 12.2 Å². The third kappa shape index (κ3) is 1.59. The largest absolute Gasteiger partial charge is 0.304 e. The first-order valence-corrected chi connectivity index (χ1v) is 6.72. The lowest BCUT2D eigenvalue weighted by Crippen LogP contribution is -2.71. The van der Waals surface area contributed by atoms with Gasteiger partial charge in [0.1, 0.15) is 0 Å². The maximum atomic E-state index is 11.1. The molecule has 10 heteroatoms. The Balaban J connectivity index is 3.64. The van der Waals surface area contributed by atoms with Crippen molar-refractivity contribution in [3.05, 3.63) is 24.3 Å². The minimum absolute atomic E-state index is 0.677. The van der Waals surface area contributed by atoms with Crippen LogP contribution in [0.2, 0.25) is 0 Å². The molecule has 0 aromatic carbocycles. The molecular formula is C6H10N2O6S2. The van der Waals surface area contributed by atoms with Gasteiger partial charge in [0.2, 0.25) is 9.74 Å². The zero-order chi connectivity index (χ0) is 12.8. The van der Waals surface area contributed by atoms with Crippen molar-refractivity contribution < 1.29 is 25.9 Å². The minimum Gasteiger partial charge on any atom is -0.304 e. The lowest BCUT2D eigenvalue weighted by Gasteiger charge is -2.37. The highest BCUT2D eigenvalue weighted by Gasteiger charge is 2.60. The Kier molecular flexibility index (Phi) is 2.79. The fourth-order valence-electron chi connectivity index (χ4n) is 1.23. The normalized spacial score (nSPS) is 35.2. The molecule has 6 N–H and O–H groups in total. The average molecular weight is 270 g/mol. The topological polar surface area (TPSA) is 161 Å². The summed E-state index contributed by atoms with van der Waals surface area (Å²) in [5, 5.41) is 0. The Morgan fingerprint density at radius 3 is 1.25 bits per heavy atom. The van der Waals surface area contributed by atoms with Crippen LogP contribution in [0, 0.1) is 0 Å². The summed E-state index contributed by atoms with van der Waals surface area (Å²) in [6.45, 7) is 0. The van der Waals surface area contributed by atoms with Crippen LogP contribution in [0.1, 0.15) is 0 Å². The molecule has 1 aliphatic rings. The van der Waals surface area contributed by atoms with Gasteiger partial charge < -0.3 is 11.5 Å². The molecule has 0 radical (unpaired) electrons. The van der Waals surface area contributed by atoms with Gasteiger partial charge in [-0.25, -0.2) is 0 Å². The Morgan fingerprint density at radius 1 is 0.812 bits per heavy atom. The summed E-state index contributed by atoms with van der Waals surface area (Å²) >= 11 is 0. The average Bonchev–Trinajstić information content (AvgIpc) is 2.06. The Hall–Kier alpha value is -0.780. The lowest BCUT2D eigenvalue weighted by atomic mass is 10.0. The van der Waals surface area contributed by atoms with Gasteiger partial charge in [-0.15, -0.1) is 0 Å². The van der Waals surface area contributed by atoms with E-state index in [9.17, 15) is 16.8 Å². The summed E-state index contributed by atoms with van der Waals surface area (Å²) in [6, 6.07) is 0. The van der Waals surface area contributed by atoms with Crippen molar-refractivity contribution >= 4 is 20.2 Å². The van der Waals surface area contributed by atoms with E-state index in [1.807, 2.05) is 0 Å². The molecule has 0 fully saturated rings. The molecule has 0 spiro atoms. The number of hydrogen-bond donors (Lipinski definition) is 4. The van der Waals surface area contributed by atoms with Crippen molar-refractivity contribution in [2.45, 2.75) is 9.74 Å². The number of nitrogens with two attached hydrogens (primary N) is 2. The van der Waals surface area contributed by atoms with Crippen LogP contribution in [0.25, 0.3) is 0 Å². The third-order valence-corrected chi connectivity index (χ3v) is 5.05. The summed E-state index contributed by atoms with van der Waals surface area (Å²) < 4.78 is 62.1. The number of rotatable bonds is 2. The van der Waals surface area contributed by atoms with Gasteiger partial charge in [-0.1, -0.05) is 12.2 Å². The summed E-state index contributed by atoms with van der Waals surface area (Å²) in [6.07, 6.45) is 3.53. The molecule has 16 heavy (non-hydrogen) atoms. The molecule has 1 rings (SSSR count). The third-order valence-electron chi connectivity index (χ3n) is 2.26. The standard InChI is InChI=1S/C6H10N2O6S2/c7-5(15(9,10)11)3-1-2-4-6(5,8)16(12,13)14/h1-4H,7-8H2,(H,9,10,11)(H,12,13,14). The molecular weight excluding hydrogens is 260 g/mol. The second-order valence-corrected chi connectivity index (χ2v) is 6.51. The van der Waals surface area contributed by atoms with E-state index >= 15 is 0 Å². The van der Waals surface area contributed by atoms with Crippen LogP contribution >= 0.6 is 0 Å². The predicted molar refractivity (Wildman–Crippen MR) is 55.2 cm³/mol. The first kappa shape index (κ1) is 13.3. The van der Waals surface area contributed by atoms with E-state index in [0.717, 1.165) is 12.2 Å². The molecule has 2 unspecified atom stereocenters. The monoisotopic (exact) mass is 270 g/mol. The lowest BCUT2D eigenvalue weighted by molar-refractivity contribution is 0.386. The van der Waals surface area contributed by atoms with E-state index in [2.05, 4.69) is 0 Å². The van der Waals surface area contributed by atoms with Crippen LogP contribution in [0.5, 0.6) is 0 Å². The van der Waals surface area contributed by atoms with E-state index in [1.54, 1.807) is 0 Å². The van der Waals surface area contributed by atoms with Gasteiger partial charge >= 0.3 is 0 Å². The molecule has 0 saturated carbocycles.